The van der Waals surface area contributed by atoms with E-state index in [-0.39, 0.29) is 0 Å². The molecule has 0 amide bonds. The molecule has 0 fully saturated rings. The molecule has 0 radical (unpaired) electrons. The molecular formula is C9H14F4O2. The molecule has 0 aromatic heterocycles. The molecule has 1 atom stereocenters. The molecule has 0 saturated carbocycles. The summed E-state index contributed by atoms with van der Waals surface area (Å²) in [5, 5.41) is 9.30. The largest absolute Gasteiger partial charge is 0.392 e. The average Bonchev–Trinajstić information content (AvgIpc) is 2.01. The number of aliphatic hydroxyl groups is 1. The van der Waals surface area contributed by atoms with Crippen LogP contribution in [0.5, 0.6) is 0 Å². The minimum atomic E-state index is -4.67. The van der Waals surface area contributed by atoms with Gasteiger partial charge in [0, 0.05) is 6.42 Å². The Hall–Kier alpha value is -0.650. The van der Waals surface area contributed by atoms with Crippen LogP contribution in [0.25, 0.3) is 0 Å². The standard InChI is InChI=1S/C9H14F4O2/c1-8(2,3)5(14)4-6(15)9(12,13)7(10)11/h5,7,14H,4H2,1-3H3. The predicted octanol–water partition coefficient (Wildman–Crippen LogP) is 2.25. The molecule has 15 heavy (non-hydrogen) atoms. The Morgan fingerprint density at radius 3 is 1.93 bits per heavy atom. The number of hydrogen-bond donors (Lipinski definition) is 1. The third-order valence-corrected chi connectivity index (χ3v) is 2.02. The van der Waals surface area contributed by atoms with Gasteiger partial charge in [-0.2, -0.15) is 8.78 Å². The van der Waals surface area contributed by atoms with Crippen molar-refractivity contribution < 1.29 is 27.5 Å². The lowest BCUT2D eigenvalue weighted by molar-refractivity contribution is -0.170. The molecule has 0 heterocycles. The number of rotatable bonds is 4. The molecule has 0 aromatic carbocycles. The number of aliphatic hydroxyl groups excluding tert-OH is 1. The lowest BCUT2D eigenvalue weighted by Gasteiger charge is -2.26. The van der Waals surface area contributed by atoms with Crippen LogP contribution in [0, 0.1) is 5.41 Å². The molecule has 90 valence electrons. The van der Waals surface area contributed by atoms with E-state index in [2.05, 4.69) is 0 Å². The lowest BCUT2D eigenvalue weighted by atomic mass is 9.85. The monoisotopic (exact) mass is 230 g/mol. The average molecular weight is 230 g/mol. The fraction of sp³-hybridized carbons (Fsp3) is 0.889. The highest BCUT2D eigenvalue weighted by Crippen LogP contribution is 2.29. The number of Topliss-reactive ketones (excluding diaryl/α,β-unsaturated/α-hetero) is 1. The molecule has 0 spiro atoms. The molecule has 1 N–H and O–H groups in total. The molecule has 0 aliphatic carbocycles. The number of hydrogen-bond acceptors (Lipinski definition) is 2. The highest BCUT2D eigenvalue weighted by Gasteiger charge is 2.49. The van der Waals surface area contributed by atoms with E-state index in [4.69, 9.17) is 0 Å². The van der Waals surface area contributed by atoms with Crippen LogP contribution in [0.4, 0.5) is 17.6 Å². The Morgan fingerprint density at radius 1 is 1.27 bits per heavy atom. The number of carbonyl (C=O) groups is 1. The summed E-state index contributed by atoms with van der Waals surface area (Å²) in [5.74, 6) is -6.60. The fourth-order valence-corrected chi connectivity index (χ4v) is 0.740. The van der Waals surface area contributed by atoms with Gasteiger partial charge in [0.05, 0.1) is 6.10 Å². The Bertz CT molecular complexity index is 233. The van der Waals surface area contributed by atoms with Crippen molar-refractivity contribution in [1.29, 1.82) is 0 Å². The summed E-state index contributed by atoms with van der Waals surface area (Å²) in [5.41, 5.74) is -0.798. The summed E-state index contributed by atoms with van der Waals surface area (Å²) in [4.78, 5) is 10.8. The Balaban J connectivity index is 4.51. The zero-order chi connectivity index (χ0) is 12.4. The van der Waals surface area contributed by atoms with Crippen LogP contribution >= 0.6 is 0 Å². The van der Waals surface area contributed by atoms with Crippen LogP contribution in [-0.2, 0) is 4.79 Å². The van der Waals surface area contributed by atoms with Crippen molar-refractivity contribution >= 4 is 5.78 Å². The van der Waals surface area contributed by atoms with Crippen LogP contribution in [-0.4, -0.2) is 29.3 Å². The summed E-state index contributed by atoms with van der Waals surface area (Å²) in [6.45, 7) is 4.56. The van der Waals surface area contributed by atoms with Crippen LogP contribution in [0.1, 0.15) is 27.2 Å². The first-order valence-electron chi connectivity index (χ1n) is 4.37. The lowest BCUT2D eigenvalue weighted by Crippen LogP contribution is -2.40. The molecule has 1 unspecified atom stereocenters. The molecular weight excluding hydrogens is 216 g/mol. The molecule has 6 heteroatoms. The summed E-state index contributed by atoms with van der Waals surface area (Å²) in [6, 6.07) is 0. The minimum Gasteiger partial charge on any atom is -0.392 e. The molecule has 0 aromatic rings. The van der Waals surface area contributed by atoms with E-state index in [9.17, 15) is 27.5 Å². The maximum absolute atomic E-state index is 12.5. The van der Waals surface area contributed by atoms with E-state index in [0.717, 1.165) is 0 Å². The maximum Gasteiger partial charge on any atom is 0.364 e. The van der Waals surface area contributed by atoms with Gasteiger partial charge in [0.25, 0.3) is 0 Å². The number of ketones is 1. The van der Waals surface area contributed by atoms with Gasteiger partial charge in [0.15, 0.2) is 0 Å². The predicted molar refractivity (Wildman–Crippen MR) is 46.0 cm³/mol. The van der Waals surface area contributed by atoms with E-state index in [0.29, 0.717) is 0 Å². The second-order valence-corrected chi connectivity index (χ2v) is 4.43. The second-order valence-electron chi connectivity index (χ2n) is 4.43. The van der Waals surface area contributed by atoms with Gasteiger partial charge in [-0.05, 0) is 5.41 Å². The van der Waals surface area contributed by atoms with Gasteiger partial charge >= 0.3 is 12.3 Å². The summed E-state index contributed by atoms with van der Waals surface area (Å²) >= 11 is 0. The van der Waals surface area contributed by atoms with E-state index < -0.39 is 36.1 Å². The Morgan fingerprint density at radius 2 is 1.67 bits per heavy atom. The zero-order valence-corrected chi connectivity index (χ0v) is 8.73. The number of alkyl halides is 4. The smallest absolute Gasteiger partial charge is 0.364 e. The van der Waals surface area contributed by atoms with E-state index in [1.165, 1.54) is 20.8 Å². The molecule has 0 bridgehead atoms. The second kappa shape index (κ2) is 4.47. The quantitative estimate of drug-likeness (QED) is 0.752. The fourth-order valence-electron chi connectivity index (χ4n) is 0.740. The highest BCUT2D eigenvalue weighted by molar-refractivity contribution is 5.86. The van der Waals surface area contributed by atoms with Gasteiger partial charge in [-0.1, -0.05) is 20.8 Å². The van der Waals surface area contributed by atoms with Gasteiger partial charge in [-0.25, -0.2) is 8.78 Å². The SMILES string of the molecule is CC(C)(C)C(O)CC(=O)C(F)(F)C(F)F. The molecule has 0 rings (SSSR count). The first-order chi connectivity index (χ1) is 6.49. The molecule has 0 saturated heterocycles. The Kier molecular flexibility index (Phi) is 4.27. The van der Waals surface area contributed by atoms with Gasteiger partial charge in [0.2, 0.25) is 5.78 Å². The number of carbonyl (C=O) groups excluding carboxylic acids is 1. The van der Waals surface area contributed by atoms with Gasteiger partial charge in [-0.3, -0.25) is 4.79 Å². The summed E-state index contributed by atoms with van der Waals surface area (Å²) < 4.78 is 48.5. The first-order valence-corrected chi connectivity index (χ1v) is 4.37. The van der Waals surface area contributed by atoms with Crippen LogP contribution in [0.2, 0.25) is 0 Å². The highest BCUT2D eigenvalue weighted by atomic mass is 19.3. The summed E-state index contributed by atoms with van der Waals surface area (Å²) in [7, 11) is 0. The first kappa shape index (κ1) is 14.3. The van der Waals surface area contributed by atoms with Crippen molar-refractivity contribution in [2.45, 2.75) is 45.6 Å². The van der Waals surface area contributed by atoms with Crippen molar-refractivity contribution in [3.63, 3.8) is 0 Å². The molecule has 2 nitrogen and oxygen atoms in total. The van der Waals surface area contributed by atoms with Gasteiger partial charge < -0.3 is 5.11 Å². The van der Waals surface area contributed by atoms with Crippen molar-refractivity contribution in [1.82, 2.24) is 0 Å². The third-order valence-electron chi connectivity index (χ3n) is 2.02. The van der Waals surface area contributed by atoms with Crippen molar-refractivity contribution in [2.75, 3.05) is 0 Å². The number of halogens is 4. The van der Waals surface area contributed by atoms with Crippen molar-refractivity contribution in [3.8, 4) is 0 Å². The van der Waals surface area contributed by atoms with Crippen LogP contribution in [0.15, 0.2) is 0 Å². The normalized spacial score (nSPS) is 15.5. The van der Waals surface area contributed by atoms with Crippen LogP contribution in [0.3, 0.4) is 0 Å². The van der Waals surface area contributed by atoms with Gasteiger partial charge in [0.1, 0.15) is 0 Å². The van der Waals surface area contributed by atoms with Gasteiger partial charge in [-0.15, -0.1) is 0 Å². The van der Waals surface area contributed by atoms with Crippen molar-refractivity contribution in [3.05, 3.63) is 0 Å². The van der Waals surface area contributed by atoms with Crippen LogP contribution < -0.4 is 0 Å². The third kappa shape index (κ3) is 3.77. The van der Waals surface area contributed by atoms with E-state index in [1.807, 2.05) is 0 Å². The van der Waals surface area contributed by atoms with E-state index in [1.54, 1.807) is 0 Å². The zero-order valence-electron chi connectivity index (χ0n) is 8.73. The molecule has 0 aliphatic heterocycles. The topological polar surface area (TPSA) is 37.3 Å². The minimum absolute atomic E-state index is 0.798. The molecule has 0 aliphatic rings. The Labute approximate surface area is 85.3 Å². The van der Waals surface area contributed by atoms with Crippen molar-refractivity contribution in [2.24, 2.45) is 5.41 Å². The van der Waals surface area contributed by atoms with E-state index >= 15 is 0 Å². The maximum atomic E-state index is 12.5. The summed E-state index contributed by atoms with van der Waals surface area (Å²) in [6.07, 6.45) is -6.37.